The molecule has 546 valence electrons. The van der Waals surface area contributed by atoms with Crippen LogP contribution in [0.25, 0.3) is 0 Å². The van der Waals surface area contributed by atoms with E-state index in [1.807, 2.05) is 55.4 Å². The number of carbonyl (C=O) groups is 13. The van der Waals surface area contributed by atoms with E-state index in [2.05, 4.69) is 33.2 Å². The quantitative estimate of drug-likeness (QED) is 0.0956. The number of esters is 1. The minimum absolute atomic E-state index is 0.0242. The Bertz CT molecular complexity index is 2740. The van der Waals surface area contributed by atoms with Crippen molar-refractivity contribution in [2.24, 2.45) is 35.5 Å². The van der Waals surface area contributed by atoms with Crippen molar-refractivity contribution >= 4 is 88.6 Å². The molecule has 28 heteroatoms. The maximum atomic E-state index is 15.2. The molecule has 0 spiro atoms. The van der Waals surface area contributed by atoms with Crippen LogP contribution < -0.4 is 26.6 Å². The van der Waals surface area contributed by atoms with Crippen molar-refractivity contribution in [1.29, 1.82) is 0 Å². The number of rotatable bonds is 16. The lowest BCUT2D eigenvalue weighted by Gasteiger charge is -2.41. The van der Waals surface area contributed by atoms with Gasteiger partial charge in [0.2, 0.25) is 70.9 Å². The molecule has 0 unspecified atom stereocenters. The van der Waals surface area contributed by atoms with Gasteiger partial charge in [0.05, 0.1) is 25.5 Å². The zero-order valence-corrected chi connectivity index (χ0v) is 62.6. The normalized spacial score (nSPS) is 26.5. The van der Waals surface area contributed by atoms with Crippen LogP contribution in [-0.4, -0.2) is 263 Å². The number of ether oxygens (including phenoxy) is 1. The van der Waals surface area contributed by atoms with Crippen LogP contribution in [0.4, 0.5) is 0 Å². The largest absolute Gasteiger partial charge is 0.467 e. The molecule has 1 saturated heterocycles. The van der Waals surface area contributed by atoms with Gasteiger partial charge in [-0.05, 0) is 107 Å². The third kappa shape index (κ3) is 25.4. The number of carbonyl (C=O) groups excluding carboxylic acids is 13. The topological polar surface area (TPSA) is 334 Å². The minimum Gasteiger partial charge on any atom is -0.467 e. The second kappa shape index (κ2) is 40.6. The molecule has 27 nitrogen and oxygen atoms in total. The summed E-state index contributed by atoms with van der Waals surface area (Å²) in [4.78, 5) is 195. The van der Waals surface area contributed by atoms with E-state index in [4.69, 9.17) is 4.74 Å². The Morgan fingerprint density at radius 2 is 1.02 bits per heavy atom. The van der Waals surface area contributed by atoms with Gasteiger partial charge in [0.25, 0.3) is 0 Å². The Labute approximate surface area is 575 Å². The predicted molar refractivity (Wildman–Crippen MR) is 370 cm³/mol. The Hall–Kier alpha value is -7.10. The minimum atomic E-state index is -1.66. The Kier molecular flexibility index (Phi) is 36.7. The van der Waals surface area contributed by atoms with Crippen molar-refractivity contribution in [1.82, 2.24) is 60.9 Å². The number of nitrogens with one attached hydrogen (secondary N) is 5. The van der Waals surface area contributed by atoms with Crippen LogP contribution in [-0.2, 0) is 67.1 Å². The van der Waals surface area contributed by atoms with E-state index < -0.39 is 168 Å². The van der Waals surface area contributed by atoms with Crippen molar-refractivity contribution in [3.8, 4) is 0 Å². The van der Waals surface area contributed by atoms with Crippen molar-refractivity contribution in [2.75, 3.05) is 74.5 Å². The average Bonchev–Trinajstić information content (AvgIpc) is 0.808. The number of aliphatic hydroxyl groups is 1. The molecule has 0 bridgehead atoms. The number of allylic oxidation sites excluding steroid dienone is 2. The van der Waals surface area contributed by atoms with Gasteiger partial charge in [-0.15, -0.1) is 11.8 Å². The molecule has 0 aromatic rings. The van der Waals surface area contributed by atoms with Crippen molar-refractivity contribution < 1.29 is 72.2 Å². The van der Waals surface area contributed by atoms with E-state index in [-0.39, 0.29) is 79.3 Å². The summed E-state index contributed by atoms with van der Waals surface area (Å²) in [5.74, 6) is -12.1. The molecule has 1 fully saturated rings. The van der Waals surface area contributed by atoms with Crippen molar-refractivity contribution in [2.45, 2.75) is 222 Å². The van der Waals surface area contributed by atoms with E-state index in [9.17, 15) is 53.1 Å². The lowest BCUT2D eigenvalue weighted by atomic mass is 9.91. The molecule has 0 aliphatic carbocycles. The third-order valence-electron chi connectivity index (χ3n) is 17.2. The summed E-state index contributed by atoms with van der Waals surface area (Å²) in [6.45, 7) is 30.9. The Morgan fingerprint density at radius 3 is 1.49 bits per heavy atom. The summed E-state index contributed by atoms with van der Waals surface area (Å²) in [5.41, 5.74) is 0.202. The van der Waals surface area contributed by atoms with Gasteiger partial charge in [0.15, 0.2) is 0 Å². The van der Waals surface area contributed by atoms with Gasteiger partial charge in [0.1, 0.15) is 66.5 Å². The van der Waals surface area contributed by atoms with E-state index >= 15 is 14.4 Å². The highest BCUT2D eigenvalue weighted by molar-refractivity contribution is 8.00. The molecule has 1 rings (SSSR count). The van der Waals surface area contributed by atoms with E-state index in [0.29, 0.717) is 0 Å². The standard InChI is InChI=1S/C68H118N12O15S/c1-26-28-29-43(15)57(83)56-61(87)72-46(27-2)63(89)74(18)34-52(81)71-47(68(94)95-25)35-96-36-53(82)75(19)48(30-37(3)4)60(86)73-54(41(11)12)66(92)76(20)49(31-38(5)6)59(85)69-44(16)58(84)70-45(17)62(88)77(21)50(32-39(7)8)64(90)78(22)51(33-40(9)10)65(91)79(23)55(42(13)14)67(93)80(56)24/h26,28,37-40,42-51,54-57,83H,11,27,29-36H2,1-10,12-25H3,(H,69,85)(H,70,84)(H,71,81)(H,72,87)(H,73,86)/b28-26+/t43-,44+,45-,46+,47+,48+,49+,50+,51+,54+,55+,56+,57-/m1/s1. The van der Waals surface area contributed by atoms with E-state index in [1.54, 1.807) is 46.8 Å². The Morgan fingerprint density at radius 1 is 0.573 bits per heavy atom. The highest BCUT2D eigenvalue weighted by Crippen LogP contribution is 2.26. The first kappa shape index (κ1) is 86.9. The van der Waals surface area contributed by atoms with Crippen molar-refractivity contribution in [3.05, 3.63) is 24.3 Å². The number of amides is 12. The van der Waals surface area contributed by atoms with Gasteiger partial charge in [-0.3, -0.25) is 57.5 Å². The van der Waals surface area contributed by atoms with Crippen LogP contribution >= 0.6 is 11.8 Å². The number of aliphatic hydroxyl groups excluding tert-OH is 1. The first-order valence-electron chi connectivity index (χ1n) is 33.4. The number of likely N-dealkylation sites (N-methyl/N-ethyl adjacent to an activating group) is 7. The summed E-state index contributed by atoms with van der Waals surface area (Å²) >= 11 is 0.944. The summed E-state index contributed by atoms with van der Waals surface area (Å²) in [6.07, 6.45) is 2.72. The van der Waals surface area contributed by atoms with Gasteiger partial charge in [0, 0.05) is 55.1 Å². The maximum absolute atomic E-state index is 15.2. The van der Waals surface area contributed by atoms with Crippen molar-refractivity contribution in [3.63, 3.8) is 0 Å². The van der Waals surface area contributed by atoms with Gasteiger partial charge in [-0.2, -0.15) is 0 Å². The monoisotopic (exact) mass is 1370 g/mol. The van der Waals surface area contributed by atoms with Gasteiger partial charge in [-0.1, -0.05) is 102 Å². The smallest absolute Gasteiger partial charge is 0.329 e. The van der Waals surface area contributed by atoms with Crippen LogP contribution in [0.3, 0.4) is 0 Å². The molecule has 6 N–H and O–H groups in total. The SMILES string of the molecule is C=C(C)[C@@H]1NC(=O)[C@H](CC(C)C)N(C)C(=O)CSC[C@@H](C(=O)OC)NC(=O)CN(C)C(=O)[C@H](CC)NC(=O)[C@H]([C@H](O)[C@H](C)C/C=C/C)N(C)C(=O)[C@H](C(C)C)N(C)C(=O)[C@H](CC(C)C)N(C)C(=O)[C@H](CC(C)C)N(C)C(=O)[C@@H](C)NC(=O)[C@H](C)NC(=O)[C@H](CC(C)C)N(C)C1=O. The predicted octanol–water partition coefficient (Wildman–Crippen LogP) is 2.58. The molecule has 0 aromatic heterocycles. The summed E-state index contributed by atoms with van der Waals surface area (Å²) in [6, 6.07) is -14.3. The van der Waals surface area contributed by atoms with Crippen LogP contribution in [0.1, 0.15) is 149 Å². The molecular formula is C68H118N12O15S. The summed E-state index contributed by atoms with van der Waals surface area (Å²) in [5, 5.41) is 25.4. The fourth-order valence-electron chi connectivity index (χ4n) is 11.4. The van der Waals surface area contributed by atoms with E-state index in [0.717, 1.165) is 33.6 Å². The second-order valence-electron chi connectivity index (χ2n) is 27.8. The second-order valence-corrected chi connectivity index (χ2v) is 28.8. The molecule has 0 radical (unpaired) electrons. The van der Waals surface area contributed by atoms with Crippen LogP contribution in [0.15, 0.2) is 24.3 Å². The number of hydrogen-bond acceptors (Lipinski definition) is 16. The molecule has 0 saturated carbocycles. The summed E-state index contributed by atoms with van der Waals surface area (Å²) in [7, 11) is 10.8. The molecular weight excluding hydrogens is 1260 g/mol. The highest BCUT2D eigenvalue weighted by Gasteiger charge is 2.46. The molecule has 1 aliphatic heterocycles. The molecule has 96 heavy (non-hydrogen) atoms. The zero-order valence-electron chi connectivity index (χ0n) is 61.8. The van der Waals surface area contributed by atoms with E-state index in [1.165, 1.54) is 89.7 Å². The lowest BCUT2D eigenvalue weighted by Crippen LogP contribution is -2.63. The molecule has 1 aliphatic rings. The molecule has 12 amide bonds. The lowest BCUT2D eigenvalue weighted by molar-refractivity contribution is -0.157. The molecule has 0 aromatic carbocycles. The van der Waals surface area contributed by atoms with Crippen LogP contribution in [0.5, 0.6) is 0 Å². The zero-order chi connectivity index (χ0) is 74.2. The molecule has 1 heterocycles. The third-order valence-corrected chi connectivity index (χ3v) is 18.2. The maximum Gasteiger partial charge on any atom is 0.329 e. The first-order chi connectivity index (χ1) is 44.4. The fourth-order valence-corrected chi connectivity index (χ4v) is 12.3. The van der Waals surface area contributed by atoms with Gasteiger partial charge in [-0.25, -0.2) is 4.79 Å². The van der Waals surface area contributed by atoms with Crippen LogP contribution in [0.2, 0.25) is 0 Å². The number of methoxy groups -OCH3 is 1. The fraction of sp³-hybridized carbons (Fsp3) is 0.750. The van der Waals surface area contributed by atoms with Gasteiger partial charge < -0.3 is 70.7 Å². The highest BCUT2D eigenvalue weighted by atomic mass is 32.2. The van der Waals surface area contributed by atoms with Crippen LogP contribution in [0, 0.1) is 35.5 Å². The number of thioether (sulfide) groups is 1. The average molecular weight is 1380 g/mol. The number of hydrogen-bond donors (Lipinski definition) is 6. The van der Waals surface area contributed by atoms with Gasteiger partial charge >= 0.3 is 5.97 Å². The molecule has 13 atom stereocenters. The Balaban J connectivity index is 4.26. The first-order valence-corrected chi connectivity index (χ1v) is 34.6. The summed E-state index contributed by atoms with van der Waals surface area (Å²) < 4.78 is 4.98. The number of nitrogens with zero attached hydrogens (tertiary/aromatic N) is 7.